The van der Waals surface area contributed by atoms with Crippen LogP contribution in [0.4, 0.5) is 0 Å². The fourth-order valence-corrected chi connectivity index (χ4v) is 1.18. The van der Waals surface area contributed by atoms with Crippen LogP contribution in [-0.4, -0.2) is 100 Å². The molecule has 0 aromatic heterocycles. The molecule has 0 saturated heterocycles. The molecule has 0 N–H and O–H groups in total. The van der Waals surface area contributed by atoms with Gasteiger partial charge < -0.3 is 18.6 Å². The topological polar surface area (TPSA) is 167 Å². The Morgan fingerprint density at radius 3 is 1.26 bits per heavy atom. The van der Waals surface area contributed by atoms with Crippen molar-refractivity contribution in [1.82, 2.24) is 0 Å². The van der Waals surface area contributed by atoms with Gasteiger partial charge in [-0.1, -0.05) is 13.2 Å². The van der Waals surface area contributed by atoms with Crippen molar-refractivity contribution in [3.63, 3.8) is 0 Å². The molecule has 128 valence electrons. The van der Waals surface area contributed by atoms with E-state index in [-0.39, 0.29) is 37.7 Å². The van der Waals surface area contributed by atoms with Crippen LogP contribution >= 0.6 is 0 Å². The first-order chi connectivity index (χ1) is 9.91. The van der Waals surface area contributed by atoms with Crippen LogP contribution in [-0.2, 0) is 39.3 Å². The van der Waals surface area contributed by atoms with Gasteiger partial charge in [0.05, 0.1) is 31.7 Å². The van der Waals surface area contributed by atoms with Crippen molar-refractivity contribution in [2.45, 2.75) is 0 Å². The Kier molecular flexibility index (Phi) is 16.5. The van der Waals surface area contributed by atoms with Crippen molar-refractivity contribution in [2.75, 3.05) is 24.7 Å². The monoisotopic (exact) mass is 398 g/mol. The first-order valence-electron chi connectivity index (χ1n) is 5.37. The second kappa shape index (κ2) is 13.9. The average molecular weight is 398 g/mol. The summed E-state index contributed by atoms with van der Waals surface area (Å²) < 4.78 is 68.0. The summed E-state index contributed by atoms with van der Waals surface area (Å²) in [6.07, 6.45) is 1.77. The van der Waals surface area contributed by atoms with Gasteiger partial charge >= 0.3 is 49.7 Å². The summed E-state index contributed by atoms with van der Waals surface area (Å²) in [4.78, 5) is 20.5. The summed E-state index contributed by atoms with van der Waals surface area (Å²) in [5.74, 6) is -2.89. The molecular formula is C10H14CaO10S2. The molecule has 0 amide bonds. The number of carbonyl (C=O) groups is 2. The predicted octanol–water partition coefficient (Wildman–Crippen LogP) is -1.86. The van der Waals surface area contributed by atoms with Crippen LogP contribution in [0.5, 0.6) is 0 Å². The summed E-state index contributed by atoms with van der Waals surface area (Å²) in [6.45, 7) is 5.31. The molecule has 0 spiro atoms. The Morgan fingerprint density at radius 1 is 0.826 bits per heavy atom. The molecule has 0 aliphatic heterocycles. The molecule has 10 nitrogen and oxygen atoms in total. The molecule has 0 rings (SSSR count). The zero-order valence-electron chi connectivity index (χ0n) is 12.0. The van der Waals surface area contributed by atoms with Crippen LogP contribution in [0, 0.1) is 0 Å². The van der Waals surface area contributed by atoms with E-state index in [0.29, 0.717) is 0 Å². The molecular weight excluding hydrogens is 384 g/mol. The minimum atomic E-state index is -4.29. The Labute approximate surface area is 164 Å². The minimum Gasteiger partial charge on any atom is -0.748 e. The first-order valence-corrected chi connectivity index (χ1v) is 8.52. The number of rotatable bonds is 8. The van der Waals surface area contributed by atoms with Crippen LogP contribution in [0.1, 0.15) is 0 Å². The third-order valence-corrected chi connectivity index (χ3v) is 2.82. The molecule has 0 saturated carbocycles. The van der Waals surface area contributed by atoms with Gasteiger partial charge in [0.2, 0.25) is 0 Å². The number of hydrogen-bond donors (Lipinski definition) is 0. The Morgan fingerprint density at radius 2 is 1.09 bits per heavy atom. The predicted molar refractivity (Wildman–Crippen MR) is 77.2 cm³/mol. The van der Waals surface area contributed by atoms with Gasteiger partial charge in [0.1, 0.15) is 13.2 Å². The van der Waals surface area contributed by atoms with Crippen molar-refractivity contribution in [3.05, 3.63) is 25.3 Å². The Bertz CT molecular complexity index is 539. The van der Waals surface area contributed by atoms with E-state index < -0.39 is 56.9 Å². The first kappa shape index (κ1) is 27.4. The van der Waals surface area contributed by atoms with Gasteiger partial charge in [-0.25, -0.2) is 26.4 Å². The molecule has 13 heteroatoms. The molecule has 0 atom stereocenters. The van der Waals surface area contributed by atoms with Crippen LogP contribution < -0.4 is 0 Å². The summed E-state index contributed by atoms with van der Waals surface area (Å²) in [5, 5.41) is 0. The van der Waals surface area contributed by atoms with E-state index in [4.69, 9.17) is 0 Å². The van der Waals surface area contributed by atoms with Crippen LogP contribution in [0.2, 0.25) is 0 Å². The van der Waals surface area contributed by atoms with E-state index in [2.05, 4.69) is 22.6 Å². The molecule has 0 heterocycles. The molecule has 0 fully saturated rings. The summed E-state index contributed by atoms with van der Waals surface area (Å²) in [5.41, 5.74) is 0. The Balaban J connectivity index is -0.000000333. The van der Waals surface area contributed by atoms with Crippen molar-refractivity contribution < 1.29 is 45.0 Å². The maximum Gasteiger partial charge on any atom is 2.00 e. The van der Waals surface area contributed by atoms with Gasteiger partial charge in [-0.3, -0.25) is 0 Å². The summed E-state index contributed by atoms with van der Waals surface area (Å²) >= 11 is 0. The van der Waals surface area contributed by atoms with Crippen molar-refractivity contribution in [2.24, 2.45) is 0 Å². The average Bonchev–Trinajstić information content (AvgIpc) is 2.36. The van der Waals surface area contributed by atoms with E-state index >= 15 is 0 Å². The normalized spacial score (nSPS) is 10.2. The third-order valence-electron chi connectivity index (χ3n) is 1.49. The van der Waals surface area contributed by atoms with Gasteiger partial charge in [-0.2, -0.15) is 0 Å². The largest absolute Gasteiger partial charge is 2.00 e. The minimum absolute atomic E-state index is 0. The smallest absolute Gasteiger partial charge is 0.748 e. The van der Waals surface area contributed by atoms with Gasteiger partial charge in [0, 0.05) is 12.2 Å². The number of esters is 2. The van der Waals surface area contributed by atoms with Crippen molar-refractivity contribution in [3.8, 4) is 0 Å². The van der Waals surface area contributed by atoms with E-state index in [1.807, 2.05) is 0 Å². The summed E-state index contributed by atoms with van der Waals surface area (Å²) in [7, 11) is -8.58. The molecule has 0 aromatic carbocycles. The van der Waals surface area contributed by atoms with E-state index in [9.17, 15) is 35.5 Å². The maximum absolute atomic E-state index is 10.3. The fraction of sp³-hybridized carbons (Fsp3) is 0.400. The fourth-order valence-electron chi connectivity index (χ4n) is 0.606. The quantitative estimate of drug-likeness (QED) is 0.196. The maximum atomic E-state index is 10.3. The van der Waals surface area contributed by atoms with Gasteiger partial charge in [0.15, 0.2) is 0 Å². The molecule has 23 heavy (non-hydrogen) atoms. The van der Waals surface area contributed by atoms with Gasteiger partial charge in [-0.15, -0.1) is 0 Å². The molecule has 0 radical (unpaired) electrons. The molecule has 0 aliphatic rings. The zero-order valence-corrected chi connectivity index (χ0v) is 15.8. The van der Waals surface area contributed by atoms with Crippen LogP contribution in [0.3, 0.4) is 0 Å². The molecule has 0 aliphatic carbocycles. The Hall–Kier alpha value is -0.500. The number of ether oxygens (including phenoxy) is 2. The SMILES string of the molecule is C=CC(=O)OCCS(=O)(=O)[O-].C=CC(=O)OCCS(=O)(=O)[O-].[Ca+2]. The molecule has 0 aromatic rings. The molecule has 0 unspecified atom stereocenters. The third kappa shape index (κ3) is 26.7. The van der Waals surface area contributed by atoms with E-state index in [1.54, 1.807) is 0 Å². The van der Waals surface area contributed by atoms with Gasteiger partial charge in [0.25, 0.3) is 0 Å². The summed E-state index contributed by atoms with van der Waals surface area (Å²) in [6, 6.07) is 0. The molecule has 0 bridgehead atoms. The van der Waals surface area contributed by atoms with Gasteiger partial charge in [-0.05, 0) is 0 Å². The van der Waals surface area contributed by atoms with Crippen molar-refractivity contribution in [1.29, 1.82) is 0 Å². The zero-order chi connectivity index (χ0) is 17.8. The standard InChI is InChI=1S/2C5H8O5S.Ca/c2*1-2-5(6)10-3-4-11(7,8)9;/h2*2H,1,3-4H2,(H,7,8,9);/q;;+2/p-2. The second-order valence-electron chi connectivity index (χ2n) is 3.27. The number of carbonyl (C=O) groups excluding carboxylic acids is 2. The van der Waals surface area contributed by atoms with E-state index in [0.717, 1.165) is 12.2 Å². The van der Waals surface area contributed by atoms with Crippen LogP contribution in [0.25, 0.3) is 0 Å². The second-order valence-corrected chi connectivity index (χ2v) is 6.31. The number of hydrogen-bond acceptors (Lipinski definition) is 10. The van der Waals surface area contributed by atoms with Crippen molar-refractivity contribution >= 4 is 69.9 Å². The van der Waals surface area contributed by atoms with E-state index in [1.165, 1.54) is 0 Å². The van der Waals surface area contributed by atoms with Crippen LogP contribution in [0.15, 0.2) is 25.3 Å².